The largest absolute Gasteiger partial charge is 0.454 e. The minimum atomic E-state index is -4.46. The van der Waals surface area contributed by atoms with Crippen molar-refractivity contribution >= 4 is 5.91 Å². The van der Waals surface area contributed by atoms with Crippen LogP contribution in [0.15, 0.2) is 45.3 Å². The molecule has 0 atom stereocenters. The molecule has 0 radical (unpaired) electrons. The molecule has 3 rings (SSSR count). The third kappa shape index (κ3) is 4.09. The lowest BCUT2D eigenvalue weighted by molar-refractivity contribution is -0.137. The Labute approximate surface area is 158 Å². The van der Waals surface area contributed by atoms with Crippen LogP contribution in [0.4, 0.5) is 13.2 Å². The Hall–Kier alpha value is -3.07. The third-order valence-electron chi connectivity index (χ3n) is 4.18. The minimum Gasteiger partial charge on any atom is -0.454 e. The third-order valence-corrected chi connectivity index (χ3v) is 4.18. The van der Waals surface area contributed by atoms with E-state index >= 15 is 0 Å². The van der Waals surface area contributed by atoms with Crippen LogP contribution in [-0.2, 0) is 12.6 Å². The first-order chi connectivity index (χ1) is 13.3. The van der Waals surface area contributed by atoms with Crippen molar-refractivity contribution in [2.75, 3.05) is 6.54 Å². The number of unbranched alkanes of at least 4 members (excludes halogenated alkanes) is 1. The maximum atomic E-state index is 12.9. The van der Waals surface area contributed by atoms with Crippen LogP contribution in [-0.4, -0.2) is 17.6 Å². The first-order valence-corrected chi connectivity index (χ1v) is 8.57. The predicted octanol–water partition coefficient (Wildman–Crippen LogP) is 4.00. The number of amides is 1. The number of halogens is 3. The molecule has 2 aromatic heterocycles. The number of carbonyl (C=O) groups excluding carboxylic acids is 1. The van der Waals surface area contributed by atoms with Gasteiger partial charge in [-0.2, -0.15) is 13.2 Å². The Morgan fingerprint density at radius 2 is 1.86 bits per heavy atom. The van der Waals surface area contributed by atoms with Gasteiger partial charge in [0, 0.05) is 12.0 Å². The molecule has 0 saturated heterocycles. The van der Waals surface area contributed by atoms with E-state index in [4.69, 9.17) is 20.4 Å². The number of primary amides is 1. The Balaban J connectivity index is 1.93. The molecular weight excluding hydrogens is 375 g/mol. The van der Waals surface area contributed by atoms with E-state index in [1.807, 2.05) is 0 Å². The van der Waals surface area contributed by atoms with Crippen LogP contribution >= 0.6 is 0 Å². The molecule has 6 nitrogen and oxygen atoms in total. The molecule has 0 bridgehead atoms. The Kier molecular flexibility index (Phi) is 5.55. The SMILES string of the molecule is NCCCCc1onc(-c2ccc(-c3cccc(C(F)(F)F)c3)o2)c1C(N)=O. The van der Waals surface area contributed by atoms with Gasteiger partial charge in [-0.05, 0) is 43.7 Å². The quantitative estimate of drug-likeness (QED) is 0.590. The fourth-order valence-electron chi connectivity index (χ4n) is 2.82. The first kappa shape index (κ1) is 19.7. The molecular formula is C19H18F3N3O3. The lowest BCUT2D eigenvalue weighted by Crippen LogP contribution is -2.13. The summed E-state index contributed by atoms with van der Waals surface area (Å²) in [5, 5.41) is 3.87. The average molecular weight is 393 g/mol. The molecule has 0 unspecified atom stereocenters. The molecule has 3 aromatic rings. The highest BCUT2D eigenvalue weighted by molar-refractivity contribution is 5.99. The van der Waals surface area contributed by atoms with Gasteiger partial charge >= 0.3 is 6.18 Å². The number of nitrogens with zero attached hydrogens (tertiary/aromatic N) is 1. The van der Waals surface area contributed by atoms with Gasteiger partial charge in [0.1, 0.15) is 17.1 Å². The second kappa shape index (κ2) is 7.89. The summed E-state index contributed by atoms with van der Waals surface area (Å²) < 4.78 is 49.6. The van der Waals surface area contributed by atoms with Gasteiger partial charge in [0.05, 0.1) is 5.56 Å². The molecule has 1 aromatic carbocycles. The van der Waals surface area contributed by atoms with Gasteiger partial charge < -0.3 is 20.4 Å². The summed E-state index contributed by atoms with van der Waals surface area (Å²) in [6.45, 7) is 0.505. The number of furan rings is 1. The topological polar surface area (TPSA) is 108 Å². The monoisotopic (exact) mass is 393 g/mol. The van der Waals surface area contributed by atoms with E-state index in [0.29, 0.717) is 25.1 Å². The average Bonchev–Trinajstić information content (AvgIpc) is 3.28. The number of hydrogen-bond donors (Lipinski definition) is 2. The highest BCUT2D eigenvalue weighted by atomic mass is 19.4. The second-order valence-corrected chi connectivity index (χ2v) is 6.18. The molecule has 0 fully saturated rings. The smallest absolute Gasteiger partial charge is 0.416 e. The Morgan fingerprint density at radius 1 is 1.11 bits per heavy atom. The van der Waals surface area contributed by atoms with Gasteiger partial charge in [-0.1, -0.05) is 17.3 Å². The van der Waals surface area contributed by atoms with Crippen molar-refractivity contribution in [2.24, 2.45) is 11.5 Å². The van der Waals surface area contributed by atoms with E-state index in [9.17, 15) is 18.0 Å². The second-order valence-electron chi connectivity index (χ2n) is 6.18. The van der Waals surface area contributed by atoms with Crippen LogP contribution in [0.5, 0.6) is 0 Å². The van der Waals surface area contributed by atoms with Gasteiger partial charge in [-0.3, -0.25) is 4.79 Å². The minimum absolute atomic E-state index is 0.0990. The van der Waals surface area contributed by atoms with E-state index in [0.717, 1.165) is 18.6 Å². The van der Waals surface area contributed by atoms with Crippen LogP contribution in [0, 0.1) is 0 Å². The number of alkyl halides is 3. The Bertz CT molecular complexity index is 976. The maximum Gasteiger partial charge on any atom is 0.416 e. The van der Waals surface area contributed by atoms with Gasteiger partial charge in [0.25, 0.3) is 5.91 Å². The number of hydrogen-bond acceptors (Lipinski definition) is 5. The lowest BCUT2D eigenvalue weighted by Gasteiger charge is -2.07. The molecule has 0 aliphatic heterocycles. The van der Waals surface area contributed by atoms with Crippen LogP contribution in [0.1, 0.15) is 34.5 Å². The van der Waals surface area contributed by atoms with Crippen molar-refractivity contribution < 1.29 is 26.9 Å². The lowest BCUT2D eigenvalue weighted by atomic mass is 10.1. The van der Waals surface area contributed by atoms with Crippen LogP contribution < -0.4 is 11.5 Å². The summed E-state index contributed by atoms with van der Waals surface area (Å²) in [6, 6.07) is 7.75. The molecule has 0 spiro atoms. The molecule has 0 aliphatic rings. The summed E-state index contributed by atoms with van der Waals surface area (Å²) in [7, 11) is 0. The van der Waals surface area contributed by atoms with Gasteiger partial charge in [-0.25, -0.2) is 0 Å². The van der Waals surface area contributed by atoms with Crippen molar-refractivity contribution in [3.63, 3.8) is 0 Å². The highest BCUT2D eigenvalue weighted by Gasteiger charge is 2.31. The normalized spacial score (nSPS) is 11.7. The van der Waals surface area contributed by atoms with Crippen molar-refractivity contribution in [1.82, 2.24) is 5.16 Å². The number of carbonyl (C=O) groups is 1. The van der Waals surface area contributed by atoms with Crippen LogP contribution in [0.3, 0.4) is 0 Å². The predicted molar refractivity (Wildman–Crippen MR) is 95.2 cm³/mol. The van der Waals surface area contributed by atoms with Crippen molar-refractivity contribution in [3.05, 3.63) is 53.3 Å². The standard InChI is InChI=1S/C19H18F3N3O3/c20-19(21,22)12-5-3-4-11(10-12)13-7-8-15(27-13)17-16(18(24)26)14(28-25-17)6-1-2-9-23/h3-5,7-8,10H,1-2,6,9,23H2,(H2,24,26). The fraction of sp³-hybridized carbons (Fsp3) is 0.263. The number of aromatic nitrogens is 1. The summed E-state index contributed by atoms with van der Waals surface area (Å²) >= 11 is 0. The zero-order valence-corrected chi connectivity index (χ0v) is 14.8. The van der Waals surface area contributed by atoms with E-state index in [2.05, 4.69) is 5.16 Å². The molecule has 0 saturated carbocycles. The number of rotatable bonds is 7. The zero-order valence-electron chi connectivity index (χ0n) is 14.8. The first-order valence-electron chi connectivity index (χ1n) is 8.57. The van der Waals surface area contributed by atoms with Gasteiger partial charge in [0.15, 0.2) is 11.5 Å². The van der Waals surface area contributed by atoms with Crippen LogP contribution in [0.2, 0.25) is 0 Å². The van der Waals surface area contributed by atoms with E-state index in [-0.39, 0.29) is 28.3 Å². The number of benzene rings is 1. The molecule has 28 heavy (non-hydrogen) atoms. The molecule has 2 heterocycles. The maximum absolute atomic E-state index is 12.9. The molecule has 0 aliphatic carbocycles. The summed E-state index contributed by atoms with van der Waals surface area (Å²) in [5.41, 5.74) is 10.6. The molecule has 4 N–H and O–H groups in total. The van der Waals surface area contributed by atoms with Gasteiger partial charge in [0.2, 0.25) is 0 Å². The van der Waals surface area contributed by atoms with Gasteiger partial charge in [-0.15, -0.1) is 0 Å². The van der Waals surface area contributed by atoms with Crippen LogP contribution in [0.25, 0.3) is 22.8 Å². The summed E-state index contributed by atoms with van der Waals surface area (Å²) in [6.07, 6.45) is -2.59. The van der Waals surface area contributed by atoms with Crippen molar-refractivity contribution in [3.8, 4) is 22.8 Å². The fourth-order valence-corrected chi connectivity index (χ4v) is 2.82. The van der Waals surface area contributed by atoms with E-state index in [1.165, 1.54) is 24.3 Å². The zero-order chi connectivity index (χ0) is 20.3. The summed E-state index contributed by atoms with van der Waals surface area (Å²) in [4.78, 5) is 11.9. The molecule has 9 heteroatoms. The molecule has 1 amide bonds. The highest BCUT2D eigenvalue weighted by Crippen LogP contribution is 2.35. The summed E-state index contributed by atoms with van der Waals surface area (Å²) in [5.74, 6) is -0.0248. The van der Waals surface area contributed by atoms with Crippen molar-refractivity contribution in [2.45, 2.75) is 25.4 Å². The number of aryl methyl sites for hydroxylation is 1. The van der Waals surface area contributed by atoms with E-state index < -0.39 is 17.6 Å². The van der Waals surface area contributed by atoms with Crippen molar-refractivity contribution in [1.29, 1.82) is 0 Å². The Morgan fingerprint density at radius 3 is 2.54 bits per heavy atom. The molecule has 148 valence electrons. The van der Waals surface area contributed by atoms with E-state index in [1.54, 1.807) is 0 Å². The number of nitrogens with two attached hydrogens (primary N) is 2.